The first-order chi connectivity index (χ1) is 21.7. The quantitative estimate of drug-likeness (QED) is 0.338. The molecule has 5 heterocycles. The molecular weight excluding hydrogens is 600 g/mol. The van der Waals surface area contributed by atoms with Crippen molar-refractivity contribution in [3.8, 4) is 17.3 Å². The number of thiazole rings is 1. The monoisotopic (exact) mass is 631 g/mol. The zero-order chi connectivity index (χ0) is 31.4. The molecule has 10 nitrogen and oxygen atoms in total. The number of halogens is 2. The van der Waals surface area contributed by atoms with Crippen LogP contribution in [-0.2, 0) is 22.7 Å². The van der Waals surface area contributed by atoms with Crippen LogP contribution in [0.2, 0.25) is 0 Å². The van der Waals surface area contributed by atoms with Crippen LogP contribution in [0.5, 0.6) is 0 Å². The van der Waals surface area contributed by atoms with Crippen molar-refractivity contribution in [2.75, 3.05) is 56.1 Å². The van der Waals surface area contributed by atoms with Crippen molar-refractivity contribution in [1.29, 1.82) is 5.26 Å². The van der Waals surface area contributed by atoms with E-state index in [0.29, 0.717) is 89.6 Å². The number of carbonyl (C=O) groups is 1. The van der Waals surface area contributed by atoms with Crippen molar-refractivity contribution in [2.24, 2.45) is 0 Å². The minimum atomic E-state index is -0.447. The molecule has 45 heavy (non-hydrogen) atoms. The summed E-state index contributed by atoms with van der Waals surface area (Å²) in [5.74, 6) is -0.813. The summed E-state index contributed by atoms with van der Waals surface area (Å²) in [4.78, 5) is 30.2. The predicted molar refractivity (Wildman–Crippen MR) is 166 cm³/mol. The van der Waals surface area contributed by atoms with Crippen LogP contribution in [0.15, 0.2) is 36.4 Å². The number of nitriles is 1. The number of benzene rings is 2. The Morgan fingerprint density at radius 1 is 1.16 bits per heavy atom. The van der Waals surface area contributed by atoms with Gasteiger partial charge in [0, 0.05) is 68.0 Å². The highest BCUT2D eigenvalue weighted by Crippen LogP contribution is 2.43. The lowest BCUT2D eigenvalue weighted by Gasteiger charge is -2.43. The molecule has 232 valence electrons. The molecule has 1 amide bonds. The third-order valence-corrected chi connectivity index (χ3v) is 9.78. The number of β-amino-alcohol motifs (C(OH)–C–C–N with tert-alkyl or cyclic N) is 1. The molecule has 2 aromatic carbocycles. The number of aromatic nitrogens is 2. The van der Waals surface area contributed by atoms with Gasteiger partial charge in [-0.15, -0.1) is 0 Å². The van der Waals surface area contributed by atoms with Gasteiger partial charge in [-0.05, 0) is 43.3 Å². The highest BCUT2D eigenvalue weighted by Gasteiger charge is 2.33. The van der Waals surface area contributed by atoms with Crippen LogP contribution in [0, 0.1) is 23.0 Å². The van der Waals surface area contributed by atoms with Gasteiger partial charge in [0.2, 0.25) is 5.91 Å². The number of pyridine rings is 1. The third-order valence-electron chi connectivity index (χ3n) is 8.74. The number of amides is 1. The molecule has 13 heteroatoms. The molecule has 4 aromatic rings. The van der Waals surface area contributed by atoms with Crippen LogP contribution in [0.3, 0.4) is 0 Å². The van der Waals surface area contributed by atoms with Crippen LogP contribution in [0.25, 0.3) is 22.2 Å². The smallest absolute Gasteiger partial charge is 0.236 e. The summed E-state index contributed by atoms with van der Waals surface area (Å²) in [6, 6.07) is 11.5. The van der Waals surface area contributed by atoms with Crippen LogP contribution < -0.4 is 9.80 Å². The topological polar surface area (TPSA) is 109 Å². The molecule has 0 unspecified atom stereocenters. The molecule has 1 atom stereocenters. The molecular formula is C32H31F2N7O3S. The third kappa shape index (κ3) is 5.37. The number of nitrogens with zero attached hydrogens (tertiary/aromatic N) is 7. The summed E-state index contributed by atoms with van der Waals surface area (Å²) >= 11 is 1.21. The molecule has 1 N–H and O–H groups in total. The summed E-state index contributed by atoms with van der Waals surface area (Å²) in [7, 11) is 1.84. The number of anilines is 3. The van der Waals surface area contributed by atoms with Crippen molar-refractivity contribution < 1.29 is 23.4 Å². The number of hydrogen-bond acceptors (Lipinski definition) is 10. The second kappa shape index (κ2) is 11.6. The maximum absolute atomic E-state index is 15.9. The van der Waals surface area contributed by atoms with Gasteiger partial charge in [-0.3, -0.25) is 9.69 Å². The first-order valence-corrected chi connectivity index (χ1v) is 15.6. The van der Waals surface area contributed by atoms with Crippen molar-refractivity contribution in [1.82, 2.24) is 19.8 Å². The fourth-order valence-electron chi connectivity index (χ4n) is 6.39. The van der Waals surface area contributed by atoms with Crippen LogP contribution in [0.1, 0.15) is 23.1 Å². The Kier molecular flexibility index (Phi) is 7.61. The minimum Gasteiger partial charge on any atom is -0.389 e. The van der Waals surface area contributed by atoms with E-state index in [0.717, 1.165) is 5.56 Å². The molecule has 0 spiro atoms. The maximum Gasteiger partial charge on any atom is 0.236 e. The molecule has 0 bridgehead atoms. The fourth-order valence-corrected chi connectivity index (χ4v) is 7.24. The van der Waals surface area contributed by atoms with E-state index in [4.69, 9.17) is 9.72 Å². The Morgan fingerprint density at radius 3 is 2.64 bits per heavy atom. The standard InChI is InChI=1S/C32H31F2N7O3S/c1-18-12-39(15-28(43)40-13-22(42)14-40)7-8-41(18)21-9-23-30(25(34)10-21)36-26-17-44-16-24(26)31(23)38(2)32-37-29(27(11-35)45-32)19-3-5-20(33)6-4-19/h3-6,9-10,18,22,42H,7-8,12-17H2,1-2H3/t18-/m0/s1. The van der Waals surface area contributed by atoms with Crippen LogP contribution >= 0.6 is 11.3 Å². The average molecular weight is 632 g/mol. The highest BCUT2D eigenvalue weighted by atomic mass is 32.1. The first-order valence-electron chi connectivity index (χ1n) is 14.8. The van der Waals surface area contributed by atoms with Gasteiger partial charge in [0.05, 0.1) is 37.2 Å². The lowest BCUT2D eigenvalue weighted by Crippen LogP contribution is -2.58. The van der Waals surface area contributed by atoms with Gasteiger partial charge in [0.1, 0.15) is 28.0 Å². The summed E-state index contributed by atoms with van der Waals surface area (Å²) in [5, 5.41) is 20.6. The Labute approximate surface area is 262 Å². The number of rotatable bonds is 6. The van der Waals surface area contributed by atoms with Crippen molar-refractivity contribution in [3.63, 3.8) is 0 Å². The van der Waals surface area contributed by atoms with Gasteiger partial charge < -0.3 is 24.5 Å². The van der Waals surface area contributed by atoms with Crippen LogP contribution in [0.4, 0.5) is 25.3 Å². The van der Waals surface area contributed by atoms with E-state index < -0.39 is 11.9 Å². The van der Waals surface area contributed by atoms with E-state index in [-0.39, 0.29) is 29.9 Å². The normalized spacial score (nSPS) is 18.6. The zero-order valence-corrected chi connectivity index (χ0v) is 25.7. The van der Waals surface area contributed by atoms with Gasteiger partial charge in [0.25, 0.3) is 0 Å². The molecule has 0 radical (unpaired) electrons. The molecule has 2 saturated heterocycles. The summed E-state index contributed by atoms with van der Waals surface area (Å²) in [5.41, 5.74) is 4.24. The Morgan fingerprint density at radius 2 is 1.93 bits per heavy atom. The number of aliphatic hydroxyl groups is 1. The van der Waals surface area contributed by atoms with Gasteiger partial charge in [-0.25, -0.2) is 18.7 Å². The SMILES string of the molecule is C[C@H]1CN(CC(=O)N2CC(O)C2)CCN1c1cc(F)c2nc3c(c(N(C)c4nc(-c5ccc(F)cc5)c(C#N)s4)c2c1)COC3. The number of hydrogen-bond donors (Lipinski definition) is 1. The number of fused-ring (bicyclic) bond motifs is 2. The summed E-state index contributed by atoms with van der Waals surface area (Å²) in [6.07, 6.45) is -0.431. The predicted octanol–water partition coefficient (Wildman–Crippen LogP) is 4.02. The summed E-state index contributed by atoms with van der Waals surface area (Å²) < 4.78 is 35.3. The Balaban J connectivity index is 1.22. The number of aliphatic hydroxyl groups excluding tert-OH is 1. The largest absolute Gasteiger partial charge is 0.389 e. The van der Waals surface area contributed by atoms with E-state index in [1.807, 2.05) is 18.0 Å². The highest BCUT2D eigenvalue weighted by molar-refractivity contribution is 7.16. The molecule has 3 aliphatic heterocycles. The summed E-state index contributed by atoms with van der Waals surface area (Å²) in [6.45, 7) is 5.57. The van der Waals surface area contributed by atoms with E-state index in [1.54, 1.807) is 17.0 Å². The van der Waals surface area contributed by atoms with Crippen molar-refractivity contribution in [2.45, 2.75) is 32.3 Å². The molecule has 2 fully saturated rings. The number of carbonyl (C=O) groups excluding carboxylic acids is 1. The van der Waals surface area contributed by atoms with Crippen LogP contribution in [-0.4, -0.2) is 89.2 Å². The molecule has 0 saturated carbocycles. The molecule has 2 aromatic heterocycles. The molecule has 7 rings (SSSR count). The van der Waals surface area contributed by atoms with Gasteiger partial charge in [-0.2, -0.15) is 5.26 Å². The molecule has 3 aliphatic rings. The van der Waals surface area contributed by atoms with Gasteiger partial charge in [-0.1, -0.05) is 11.3 Å². The Hall–Kier alpha value is -4.22. The van der Waals surface area contributed by atoms with Gasteiger partial charge in [0.15, 0.2) is 10.9 Å². The van der Waals surface area contributed by atoms with E-state index in [9.17, 15) is 19.6 Å². The number of likely N-dealkylation sites (tertiary alicyclic amines) is 1. The van der Waals surface area contributed by atoms with E-state index in [2.05, 4.69) is 27.8 Å². The Bertz CT molecular complexity index is 1840. The maximum atomic E-state index is 15.9. The number of ether oxygens (including phenoxy) is 1. The first kappa shape index (κ1) is 29.5. The average Bonchev–Trinajstić information content (AvgIpc) is 3.66. The van der Waals surface area contributed by atoms with E-state index in [1.165, 1.54) is 29.5 Å². The lowest BCUT2D eigenvalue weighted by atomic mass is 10.0. The number of piperazine rings is 1. The second-order valence-electron chi connectivity index (χ2n) is 11.8. The lowest BCUT2D eigenvalue weighted by molar-refractivity contribution is -0.142. The van der Waals surface area contributed by atoms with E-state index >= 15 is 4.39 Å². The van der Waals surface area contributed by atoms with Gasteiger partial charge >= 0.3 is 0 Å². The fraction of sp³-hybridized carbons (Fsp3) is 0.375. The van der Waals surface area contributed by atoms with Crippen molar-refractivity contribution in [3.05, 3.63) is 64.2 Å². The minimum absolute atomic E-state index is 0.00713. The van der Waals surface area contributed by atoms with Crippen molar-refractivity contribution >= 4 is 44.7 Å². The zero-order valence-electron chi connectivity index (χ0n) is 24.8. The molecule has 0 aliphatic carbocycles. The second-order valence-corrected chi connectivity index (χ2v) is 12.8.